The molecule has 8 heteroatoms. The standard InChI is InChI=1S/C17H19N3O3S2/c1-5-16-18-17(19-23-16)14-10-15(12(3)24-14)25(21,22)20(4)13-8-6-7-11(2)9-13/h6-10H,5H2,1-4H3. The third-order valence-corrected chi connectivity index (χ3v) is 6.95. The maximum atomic E-state index is 13.0. The molecule has 0 saturated heterocycles. The molecule has 2 aromatic heterocycles. The maximum absolute atomic E-state index is 13.0. The monoisotopic (exact) mass is 377 g/mol. The Kier molecular flexibility index (Phi) is 4.66. The van der Waals surface area contributed by atoms with Gasteiger partial charge in [0.15, 0.2) is 0 Å². The number of hydrogen-bond donors (Lipinski definition) is 0. The fourth-order valence-electron chi connectivity index (χ4n) is 2.44. The summed E-state index contributed by atoms with van der Waals surface area (Å²) in [5, 5.41) is 3.92. The second kappa shape index (κ2) is 6.61. The molecule has 0 N–H and O–H groups in total. The van der Waals surface area contributed by atoms with Crippen molar-refractivity contribution in [3.8, 4) is 10.7 Å². The van der Waals surface area contributed by atoms with Crippen LogP contribution in [0.25, 0.3) is 10.7 Å². The molecule has 0 fully saturated rings. The Morgan fingerprint density at radius 3 is 2.64 bits per heavy atom. The van der Waals surface area contributed by atoms with Gasteiger partial charge in [-0.2, -0.15) is 4.98 Å². The number of hydrogen-bond acceptors (Lipinski definition) is 6. The van der Waals surface area contributed by atoms with Gasteiger partial charge in [0, 0.05) is 18.3 Å². The third-order valence-electron chi connectivity index (χ3n) is 3.87. The first-order chi connectivity index (χ1) is 11.8. The topological polar surface area (TPSA) is 76.3 Å². The highest BCUT2D eigenvalue weighted by molar-refractivity contribution is 7.93. The van der Waals surface area contributed by atoms with E-state index in [1.165, 1.54) is 15.6 Å². The van der Waals surface area contributed by atoms with Gasteiger partial charge in [-0.15, -0.1) is 11.3 Å². The Balaban J connectivity index is 2.00. The highest BCUT2D eigenvalue weighted by atomic mass is 32.2. The minimum absolute atomic E-state index is 0.263. The van der Waals surface area contributed by atoms with Gasteiger partial charge in [0.25, 0.3) is 10.0 Å². The van der Waals surface area contributed by atoms with Crippen molar-refractivity contribution >= 4 is 27.0 Å². The van der Waals surface area contributed by atoms with Crippen LogP contribution in [0.3, 0.4) is 0 Å². The van der Waals surface area contributed by atoms with Crippen molar-refractivity contribution < 1.29 is 12.9 Å². The van der Waals surface area contributed by atoms with Gasteiger partial charge in [-0.05, 0) is 37.6 Å². The molecule has 6 nitrogen and oxygen atoms in total. The summed E-state index contributed by atoms with van der Waals surface area (Å²) in [7, 11) is -2.11. The van der Waals surface area contributed by atoms with Crippen molar-refractivity contribution in [2.75, 3.05) is 11.4 Å². The molecule has 25 heavy (non-hydrogen) atoms. The van der Waals surface area contributed by atoms with Crippen LogP contribution in [-0.2, 0) is 16.4 Å². The zero-order valence-electron chi connectivity index (χ0n) is 14.5. The quantitative estimate of drug-likeness (QED) is 0.676. The predicted octanol–water partition coefficient (Wildman–Crippen LogP) is 3.80. The van der Waals surface area contributed by atoms with Crippen molar-refractivity contribution in [1.82, 2.24) is 10.1 Å². The van der Waals surface area contributed by atoms with E-state index in [2.05, 4.69) is 10.1 Å². The number of rotatable bonds is 5. The van der Waals surface area contributed by atoms with Crippen LogP contribution < -0.4 is 4.31 Å². The van der Waals surface area contributed by atoms with Crippen molar-refractivity contribution in [3.05, 3.63) is 46.7 Å². The first-order valence-corrected chi connectivity index (χ1v) is 10.1. The number of aryl methyl sites for hydroxylation is 3. The van der Waals surface area contributed by atoms with Gasteiger partial charge < -0.3 is 4.52 Å². The molecular weight excluding hydrogens is 358 g/mol. The van der Waals surface area contributed by atoms with E-state index in [1.54, 1.807) is 26.1 Å². The number of sulfonamides is 1. The summed E-state index contributed by atoms with van der Waals surface area (Å²) >= 11 is 1.34. The van der Waals surface area contributed by atoms with Crippen LogP contribution in [0.1, 0.15) is 23.3 Å². The number of benzene rings is 1. The molecule has 0 spiro atoms. The molecule has 0 saturated carbocycles. The Labute approximate surface area is 151 Å². The third kappa shape index (κ3) is 3.32. The van der Waals surface area contributed by atoms with Crippen LogP contribution in [0, 0.1) is 13.8 Å². The van der Waals surface area contributed by atoms with Crippen LogP contribution in [0.4, 0.5) is 5.69 Å². The first kappa shape index (κ1) is 17.6. The average molecular weight is 377 g/mol. The summed E-state index contributed by atoms with van der Waals surface area (Å²) < 4.78 is 32.5. The second-order valence-electron chi connectivity index (χ2n) is 5.71. The largest absolute Gasteiger partial charge is 0.339 e. The van der Waals surface area contributed by atoms with Gasteiger partial charge in [-0.3, -0.25) is 4.31 Å². The molecule has 0 aliphatic heterocycles. The highest BCUT2D eigenvalue weighted by Crippen LogP contribution is 2.34. The van der Waals surface area contributed by atoms with Crippen LogP contribution in [0.15, 0.2) is 39.8 Å². The summed E-state index contributed by atoms with van der Waals surface area (Å²) in [6, 6.07) is 9.01. The lowest BCUT2D eigenvalue weighted by molar-refractivity contribution is 0.383. The Morgan fingerprint density at radius 2 is 2.00 bits per heavy atom. The van der Waals surface area contributed by atoms with Gasteiger partial charge in [0.05, 0.1) is 10.6 Å². The molecule has 3 rings (SSSR count). The number of thiophene rings is 1. The molecule has 3 aromatic rings. The van der Waals surface area contributed by atoms with E-state index in [9.17, 15) is 8.42 Å². The van der Waals surface area contributed by atoms with E-state index < -0.39 is 10.0 Å². The molecule has 0 aliphatic rings. The Bertz CT molecular complexity index is 1010. The van der Waals surface area contributed by atoms with Crippen molar-refractivity contribution in [2.24, 2.45) is 0 Å². The zero-order chi connectivity index (χ0) is 18.2. The van der Waals surface area contributed by atoms with Crippen LogP contribution in [-0.4, -0.2) is 25.6 Å². The highest BCUT2D eigenvalue weighted by Gasteiger charge is 2.26. The molecule has 2 heterocycles. The number of anilines is 1. The molecule has 132 valence electrons. The number of aromatic nitrogens is 2. The molecule has 0 aliphatic carbocycles. The minimum Gasteiger partial charge on any atom is -0.339 e. The predicted molar refractivity (Wildman–Crippen MR) is 98.5 cm³/mol. The van der Waals surface area contributed by atoms with Gasteiger partial charge >= 0.3 is 0 Å². The summed E-state index contributed by atoms with van der Waals surface area (Å²) in [5.41, 5.74) is 1.63. The van der Waals surface area contributed by atoms with E-state index in [1.807, 2.05) is 32.0 Å². The Hall–Kier alpha value is -2.19. The zero-order valence-corrected chi connectivity index (χ0v) is 16.1. The molecule has 0 atom stereocenters. The lowest BCUT2D eigenvalue weighted by Gasteiger charge is -2.19. The second-order valence-corrected chi connectivity index (χ2v) is 8.90. The van der Waals surface area contributed by atoms with Crippen molar-refractivity contribution in [3.63, 3.8) is 0 Å². The van der Waals surface area contributed by atoms with Crippen LogP contribution in [0.2, 0.25) is 0 Å². The molecule has 1 aromatic carbocycles. The summed E-state index contributed by atoms with van der Waals surface area (Å²) in [6.07, 6.45) is 0.638. The van der Waals surface area contributed by atoms with Crippen molar-refractivity contribution in [1.29, 1.82) is 0 Å². The van der Waals surface area contributed by atoms with Crippen LogP contribution >= 0.6 is 11.3 Å². The average Bonchev–Trinajstić information content (AvgIpc) is 3.20. The first-order valence-electron chi connectivity index (χ1n) is 7.82. The molecule has 0 unspecified atom stereocenters. The normalized spacial score (nSPS) is 11.7. The van der Waals surface area contributed by atoms with Crippen molar-refractivity contribution in [2.45, 2.75) is 32.1 Å². The van der Waals surface area contributed by atoms with E-state index >= 15 is 0 Å². The minimum atomic E-state index is -3.67. The summed E-state index contributed by atoms with van der Waals surface area (Å²) in [4.78, 5) is 5.91. The Morgan fingerprint density at radius 1 is 1.24 bits per heavy atom. The van der Waals surface area contributed by atoms with Gasteiger partial charge in [0.1, 0.15) is 4.90 Å². The van der Waals surface area contributed by atoms with Gasteiger partial charge in [-0.25, -0.2) is 8.42 Å². The van der Waals surface area contributed by atoms with E-state index in [4.69, 9.17) is 4.52 Å². The molecule has 0 radical (unpaired) electrons. The fraction of sp³-hybridized carbons (Fsp3) is 0.294. The lowest BCUT2D eigenvalue weighted by atomic mass is 10.2. The van der Waals surface area contributed by atoms with E-state index in [-0.39, 0.29) is 4.90 Å². The summed E-state index contributed by atoms with van der Waals surface area (Å²) in [5.74, 6) is 0.951. The van der Waals surface area contributed by atoms with Gasteiger partial charge in [-0.1, -0.05) is 24.2 Å². The summed E-state index contributed by atoms with van der Waals surface area (Å²) in [6.45, 7) is 5.63. The van der Waals surface area contributed by atoms with E-state index in [0.29, 0.717) is 33.6 Å². The molecular formula is C17H19N3O3S2. The molecule has 0 amide bonds. The van der Waals surface area contributed by atoms with E-state index in [0.717, 1.165) is 5.56 Å². The lowest BCUT2D eigenvalue weighted by Crippen LogP contribution is -2.26. The fourth-order valence-corrected chi connectivity index (χ4v) is 5.11. The van der Waals surface area contributed by atoms with Gasteiger partial charge in [0.2, 0.25) is 11.7 Å². The van der Waals surface area contributed by atoms with Crippen LogP contribution in [0.5, 0.6) is 0 Å². The smallest absolute Gasteiger partial charge is 0.265 e. The molecule has 0 bridgehead atoms. The maximum Gasteiger partial charge on any atom is 0.265 e. The SMILES string of the molecule is CCc1nc(-c2cc(S(=O)(=O)N(C)c3cccc(C)c3)c(C)s2)no1. The number of nitrogens with zero attached hydrogens (tertiary/aromatic N) is 3.